The maximum absolute atomic E-state index is 9.56. The largest absolute Gasteiger partial charge is 0.392 e. The number of fused-ring (bicyclic) bond motifs is 5. The van der Waals surface area contributed by atoms with Crippen molar-refractivity contribution in [1.29, 1.82) is 0 Å². The van der Waals surface area contributed by atoms with Crippen LogP contribution in [0.1, 0.15) is 118 Å². The van der Waals surface area contributed by atoms with Crippen LogP contribution in [-0.4, -0.2) is 11.7 Å². The minimum atomic E-state index is 0.240. The summed E-state index contributed by atoms with van der Waals surface area (Å²) in [4.78, 5) is 0. The molecular formula is C29H50O. The summed E-state index contributed by atoms with van der Waals surface area (Å²) in [5.41, 5.74) is 4.00. The molecule has 0 saturated heterocycles. The van der Waals surface area contributed by atoms with Crippen molar-refractivity contribution in [3.63, 3.8) is 0 Å². The highest BCUT2D eigenvalue weighted by Crippen LogP contribution is 2.68. The molecule has 4 fully saturated rings. The zero-order valence-electron chi connectivity index (χ0n) is 20.8. The molecule has 0 aromatic carbocycles. The van der Waals surface area contributed by atoms with Crippen molar-refractivity contribution in [2.75, 3.05) is 6.61 Å². The lowest BCUT2D eigenvalue weighted by molar-refractivity contribution is -0.114. The van der Waals surface area contributed by atoms with Gasteiger partial charge < -0.3 is 5.11 Å². The van der Waals surface area contributed by atoms with E-state index in [-0.39, 0.29) is 6.61 Å². The topological polar surface area (TPSA) is 20.2 Å². The van der Waals surface area contributed by atoms with E-state index in [0.29, 0.717) is 10.8 Å². The second-order valence-electron chi connectivity index (χ2n) is 12.5. The third kappa shape index (κ3) is 3.74. The van der Waals surface area contributed by atoms with Gasteiger partial charge in [0.05, 0.1) is 6.61 Å². The van der Waals surface area contributed by atoms with Crippen LogP contribution in [0.15, 0.2) is 11.1 Å². The van der Waals surface area contributed by atoms with Gasteiger partial charge in [-0.15, -0.1) is 0 Å². The van der Waals surface area contributed by atoms with E-state index in [1.165, 1.54) is 81.8 Å². The third-order valence-electron chi connectivity index (χ3n) is 11.5. The summed E-state index contributed by atoms with van der Waals surface area (Å²) < 4.78 is 0. The minimum absolute atomic E-state index is 0.240. The quantitative estimate of drug-likeness (QED) is 0.434. The first-order valence-electron chi connectivity index (χ1n) is 13.6. The Kier molecular flexibility index (Phi) is 6.80. The van der Waals surface area contributed by atoms with Gasteiger partial charge in [-0.25, -0.2) is 0 Å². The molecule has 0 bridgehead atoms. The standard InChI is InChI=1S/C29H50O/c1-6-22(21(3)19-30)11-10-20(2)25-14-15-26-24-13-12-23-9-7-8-17-28(23,4)27(24)16-18-29(25,26)5/h20,23-27,30H,6-19H2,1-5H3/t20-,23?,24+,25-,26+,27+,28+,29-/m1/s1. The van der Waals surface area contributed by atoms with Crippen molar-refractivity contribution < 1.29 is 5.11 Å². The monoisotopic (exact) mass is 414 g/mol. The van der Waals surface area contributed by atoms with Crippen molar-refractivity contribution in [1.82, 2.24) is 0 Å². The number of allylic oxidation sites excluding steroid dienone is 1. The van der Waals surface area contributed by atoms with Crippen LogP contribution >= 0.6 is 0 Å². The highest BCUT2D eigenvalue weighted by Gasteiger charge is 2.60. The fourth-order valence-corrected chi connectivity index (χ4v) is 9.68. The van der Waals surface area contributed by atoms with Gasteiger partial charge in [0.25, 0.3) is 0 Å². The predicted octanol–water partition coefficient (Wildman–Crippen LogP) is 8.17. The Morgan fingerprint density at radius 3 is 2.43 bits per heavy atom. The normalized spacial score (nSPS) is 45.2. The van der Waals surface area contributed by atoms with Crippen LogP contribution in [0.25, 0.3) is 0 Å². The van der Waals surface area contributed by atoms with Crippen molar-refractivity contribution in [3.05, 3.63) is 11.1 Å². The van der Waals surface area contributed by atoms with Crippen molar-refractivity contribution in [3.8, 4) is 0 Å². The Balaban J connectivity index is 1.46. The average Bonchev–Trinajstić information content (AvgIpc) is 3.10. The van der Waals surface area contributed by atoms with Crippen molar-refractivity contribution in [2.45, 2.75) is 118 Å². The first-order chi connectivity index (χ1) is 14.3. The second-order valence-corrected chi connectivity index (χ2v) is 12.5. The molecule has 0 amide bonds. The molecular weight excluding hydrogens is 364 g/mol. The van der Waals surface area contributed by atoms with Gasteiger partial charge in [-0.2, -0.15) is 0 Å². The maximum atomic E-state index is 9.56. The van der Waals surface area contributed by atoms with Crippen molar-refractivity contribution >= 4 is 0 Å². The number of aliphatic hydroxyl groups excluding tert-OH is 1. The van der Waals surface area contributed by atoms with Gasteiger partial charge in [0.15, 0.2) is 0 Å². The molecule has 8 atom stereocenters. The zero-order chi connectivity index (χ0) is 21.5. The summed E-state index contributed by atoms with van der Waals surface area (Å²) in [5.74, 6) is 5.86. The van der Waals surface area contributed by atoms with E-state index in [0.717, 1.165) is 41.9 Å². The summed E-state index contributed by atoms with van der Waals surface area (Å²) in [6.07, 6.45) is 18.8. The van der Waals surface area contributed by atoms with Gasteiger partial charge >= 0.3 is 0 Å². The van der Waals surface area contributed by atoms with E-state index < -0.39 is 0 Å². The molecule has 4 aliphatic rings. The van der Waals surface area contributed by atoms with Crippen LogP contribution in [0.5, 0.6) is 0 Å². The number of aliphatic hydroxyl groups is 1. The highest BCUT2D eigenvalue weighted by molar-refractivity contribution is 5.13. The number of hydrogen-bond donors (Lipinski definition) is 1. The Labute approximate surface area is 187 Å². The molecule has 0 aromatic heterocycles. The zero-order valence-corrected chi connectivity index (χ0v) is 20.8. The van der Waals surface area contributed by atoms with E-state index in [2.05, 4.69) is 34.6 Å². The summed E-state index contributed by atoms with van der Waals surface area (Å²) >= 11 is 0. The summed E-state index contributed by atoms with van der Waals surface area (Å²) in [6, 6.07) is 0. The molecule has 0 aromatic rings. The van der Waals surface area contributed by atoms with Gasteiger partial charge in [0, 0.05) is 0 Å². The van der Waals surface area contributed by atoms with Crippen molar-refractivity contribution in [2.24, 2.45) is 46.3 Å². The van der Waals surface area contributed by atoms with E-state index >= 15 is 0 Å². The SMILES string of the molecule is CCC(CC[C@@H](C)[C@H]1CC[C@H]2[C@@H]3CCC4CCCC[C@]4(C)[C@H]3CC[C@]12C)=C(C)CO. The Bertz CT molecular complexity index is 634. The van der Waals surface area contributed by atoms with Crippen LogP contribution < -0.4 is 0 Å². The summed E-state index contributed by atoms with van der Waals surface area (Å²) in [6.45, 7) is 12.6. The first-order valence-corrected chi connectivity index (χ1v) is 13.6. The van der Waals surface area contributed by atoms with Gasteiger partial charge in [-0.05, 0) is 129 Å². The Morgan fingerprint density at radius 2 is 1.70 bits per heavy atom. The lowest BCUT2D eigenvalue weighted by Crippen LogP contribution is -2.53. The Morgan fingerprint density at radius 1 is 0.933 bits per heavy atom. The van der Waals surface area contributed by atoms with Crippen LogP contribution in [0.3, 0.4) is 0 Å². The lowest BCUT2D eigenvalue weighted by Gasteiger charge is -2.61. The maximum Gasteiger partial charge on any atom is 0.0641 e. The summed E-state index contributed by atoms with van der Waals surface area (Å²) in [5, 5.41) is 9.56. The predicted molar refractivity (Wildman–Crippen MR) is 128 cm³/mol. The highest BCUT2D eigenvalue weighted by atomic mass is 16.3. The van der Waals surface area contributed by atoms with Crippen LogP contribution in [0.2, 0.25) is 0 Å². The van der Waals surface area contributed by atoms with Gasteiger partial charge in [0.1, 0.15) is 0 Å². The fourth-order valence-electron chi connectivity index (χ4n) is 9.68. The van der Waals surface area contributed by atoms with Gasteiger partial charge in [-0.3, -0.25) is 0 Å². The number of rotatable bonds is 6. The molecule has 0 radical (unpaired) electrons. The first kappa shape index (κ1) is 22.9. The molecule has 4 saturated carbocycles. The molecule has 172 valence electrons. The lowest BCUT2D eigenvalue weighted by atomic mass is 9.44. The van der Waals surface area contributed by atoms with Gasteiger partial charge in [0.2, 0.25) is 0 Å². The molecule has 1 unspecified atom stereocenters. The van der Waals surface area contributed by atoms with E-state index in [1.54, 1.807) is 6.42 Å². The van der Waals surface area contributed by atoms with Crippen LogP contribution in [0.4, 0.5) is 0 Å². The molecule has 30 heavy (non-hydrogen) atoms. The minimum Gasteiger partial charge on any atom is -0.392 e. The van der Waals surface area contributed by atoms with Crippen LogP contribution in [0, 0.1) is 46.3 Å². The molecule has 0 aliphatic heterocycles. The molecule has 4 aliphatic carbocycles. The van der Waals surface area contributed by atoms with E-state index in [9.17, 15) is 5.11 Å². The van der Waals surface area contributed by atoms with E-state index in [1.807, 2.05) is 0 Å². The van der Waals surface area contributed by atoms with Gasteiger partial charge in [-0.1, -0.05) is 46.1 Å². The average molecular weight is 415 g/mol. The fraction of sp³-hybridized carbons (Fsp3) is 0.931. The molecule has 1 heteroatoms. The second kappa shape index (κ2) is 8.92. The van der Waals surface area contributed by atoms with E-state index in [4.69, 9.17) is 0 Å². The van der Waals surface area contributed by atoms with Crippen LogP contribution in [-0.2, 0) is 0 Å². The molecule has 1 nitrogen and oxygen atoms in total. The third-order valence-corrected chi connectivity index (χ3v) is 11.5. The summed E-state index contributed by atoms with van der Waals surface area (Å²) in [7, 11) is 0. The number of hydrogen-bond acceptors (Lipinski definition) is 1. The Hall–Kier alpha value is -0.300. The molecule has 0 spiro atoms. The molecule has 4 rings (SSSR count). The molecule has 0 heterocycles. The molecule has 1 N–H and O–H groups in total. The smallest absolute Gasteiger partial charge is 0.0641 e.